The lowest BCUT2D eigenvalue weighted by molar-refractivity contribution is -0.137. The fourth-order valence-corrected chi connectivity index (χ4v) is 3.77. The molecule has 0 spiro atoms. The smallest absolute Gasteiger partial charge is 0.345 e. The van der Waals surface area contributed by atoms with E-state index >= 15 is 0 Å². The van der Waals surface area contributed by atoms with E-state index in [-0.39, 0.29) is 12.5 Å². The van der Waals surface area contributed by atoms with Crippen molar-refractivity contribution in [3.63, 3.8) is 0 Å². The minimum absolute atomic E-state index is 0.118. The Balaban J connectivity index is 1.46. The number of amides is 2. The third kappa shape index (κ3) is 4.14. The second kappa shape index (κ2) is 8.04. The van der Waals surface area contributed by atoms with Crippen molar-refractivity contribution in [1.82, 2.24) is 14.8 Å². The SMILES string of the molecule is Cc1nc(-c2cc3ccc(OCC(=O)N4CCN(C=O)CC4)cc3oc2=O)cs1. The van der Waals surface area contributed by atoms with Gasteiger partial charge >= 0.3 is 5.63 Å². The van der Waals surface area contributed by atoms with Gasteiger partial charge in [0.05, 0.1) is 16.3 Å². The summed E-state index contributed by atoms with van der Waals surface area (Å²) in [6, 6.07) is 6.86. The second-order valence-electron chi connectivity index (χ2n) is 6.71. The Morgan fingerprint density at radius 1 is 1.28 bits per heavy atom. The average Bonchev–Trinajstić information content (AvgIpc) is 3.17. The van der Waals surface area contributed by atoms with Crippen LogP contribution in [0, 0.1) is 6.92 Å². The highest BCUT2D eigenvalue weighted by Gasteiger charge is 2.20. The summed E-state index contributed by atoms with van der Waals surface area (Å²) in [4.78, 5) is 43.0. The Hall–Kier alpha value is -3.20. The van der Waals surface area contributed by atoms with E-state index in [1.807, 2.05) is 12.3 Å². The molecule has 9 heteroatoms. The number of hydrogen-bond acceptors (Lipinski definition) is 7. The zero-order valence-electron chi connectivity index (χ0n) is 15.8. The number of piperazine rings is 1. The standard InChI is InChI=1S/C20H19N3O5S/c1-13-21-17(11-29-13)16-8-14-2-3-15(9-18(14)28-20(16)26)27-10-19(25)23-6-4-22(12-24)5-7-23/h2-3,8-9,11-12H,4-7,10H2,1H3. The topological polar surface area (TPSA) is 92.9 Å². The Labute approximate surface area is 170 Å². The molecule has 1 aliphatic heterocycles. The van der Waals surface area contributed by atoms with Crippen LogP contribution < -0.4 is 10.4 Å². The van der Waals surface area contributed by atoms with Crippen molar-refractivity contribution in [2.75, 3.05) is 32.8 Å². The summed E-state index contributed by atoms with van der Waals surface area (Å²) in [5.74, 6) is 0.295. The summed E-state index contributed by atoms with van der Waals surface area (Å²) in [6.45, 7) is 3.80. The lowest BCUT2D eigenvalue weighted by Gasteiger charge is -2.32. The van der Waals surface area contributed by atoms with Crippen molar-refractivity contribution in [3.8, 4) is 17.0 Å². The van der Waals surface area contributed by atoms with Crippen LogP contribution in [-0.2, 0) is 9.59 Å². The number of aryl methyl sites for hydroxylation is 1. The summed E-state index contributed by atoms with van der Waals surface area (Å²) in [7, 11) is 0. The molecule has 150 valence electrons. The molecule has 0 saturated carbocycles. The molecule has 0 unspecified atom stereocenters. The monoisotopic (exact) mass is 413 g/mol. The molecule has 1 fully saturated rings. The van der Waals surface area contributed by atoms with E-state index < -0.39 is 5.63 Å². The van der Waals surface area contributed by atoms with Gasteiger partial charge in [0.25, 0.3) is 5.91 Å². The number of aromatic nitrogens is 1. The minimum Gasteiger partial charge on any atom is -0.484 e. The van der Waals surface area contributed by atoms with Crippen LogP contribution in [0.1, 0.15) is 5.01 Å². The number of rotatable bonds is 5. The number of benzene rings is 1. The molecule has 2 amide bonds. The molecule has 4 rings (SSSR count). The van der Waals surface area contributed by atoms with Gasteiger partial charge < -0.3 is 19.0 Å². The molecule has 8 nitrogen and oxygen atoms in total. The number of carbonyl (C=O) groups is 2. The number of carbonyl (C=O) groups excluding carboxylic acids is 2. The Kier molecular flexibility index (Phi) is 5.30. The van der Waals surface area contributed by atoms with E-state index in [2.05, 4.69) is 4.98 Å². The molecule has 3 heterocycles. The van der Waals surface area contributed by atoms with E-state index in [9.17, 15) is 14.4 Å². The van der Waals surface area contributed by atoms with Crippen LogP contribution >= 0.6 is 11.3 Å². The van der Waals surface area contributed by atoms with Crippen molar-refractivity contribution in [2.45, 2.75) is 6.92 Å². The summed E-state index contributed by atoms with van der Waals surface area (Å²) in [6.07, 6.45) is 0.794. The molecule has 1 aliphatic rings. The number of nitrogens with zero attached hydrogens (tertiary/aromatic N) is 3. The molecule has 0 aliphatic carbocycles. The molecular formula is C20H19N3O5S. The number of hydrogen-bond donors (Lipinski definition) is 0. The normalized spacial score (nSPS) is 14.2. The minimum atomic E-state index is -0.468. The zero-order valence-corrected chi connectivity index (χ0v) is 16.6. The highest BCUT2D eigenvalue weighted by Crippen LogP contribution is 2.25. The van der Waals surface area contributed by atoms with Crippen molar-refractivity contribution in [2.24, 2.45) is 0 Å². The summed E-state index contributed by atoms with van der Waals surface area (Å²) < 4.78 is 11.0. The van der Waals surface area contributed by atoms with Crippen molar-refractivity contribution < 1.29 is 18.7 Å². The zero-order chi connectivity index (χ0) is 20.4. The molecule has 1 aromatic carbocycles. The molecular weight excluding hydrogens is 394 g/mol. The van der Waals surface area contributed by atoms with E-state index in [0.29, 0.717) is 48.8 Å². The predicted molar refractivity (Wildman–Crippen MR) is 108 cm³/mol. The number of fused-ring (bicyclic) bond motifs is 1. The van der Waals surface area contributed by atoms with Crippen LogP contribution in [0.5, 0.6) is 5.75 Å². The largest absolute Gasteiger partial charge is 0.484 e. The third-order valence-electron chi connectivity index (χ3n) is 4.78. The maximum atomic E-state index is 12.3. The van der Waals surface area contributed by atoms with Crippen LogP contribution in [0.25, 0.3) is 22.2 Å². The lowest BCUT2D eigenvalue weighted by atomic mass is 10.1. The van der Waals surface area contributed by atoms with Crippen LogP contribution in [-0.4, -0.2) is 59.9 Å². The molecule has 1 saturated heterocycles. The van der Waals surface area contributed by atoms with E-state index in [1.54, 1.807) is 34.1 Å². The van der Waals surface area contributed by atoms with Gasteiger partial charge in [-0.2, -0.15) is 0 Å². The molecule has 3 aromatic rings. The highest BCUT2D eigenvalue weighted by molar-refractivity contribution is 7.09. The van der Waals surface area contributed by atoms with Crippen LogP contribution in [0.15, 0.2) is 38.9 Å². The highest BCUT2D eigenvalue weighted by atomic mass is 32.1. The van der Waals surface area contributed by atoms with Gasteiger partial charge in [-0.05, 0) is 25.1 Å². The van der Waals surface area contributed by atoms with Gasteiger partial charge in [-0.3, -0.25) is 9.59 Å². The average molecular weight is 413 g/mol. The molecule has 0 radical (unpaired) electrons. The van der Waals surface area contributed by atoms with E-state index in [4.69, 9.17) is 9.15 Å². The first-order chi connectivity index (χ1) is 14.0. The lowest BCUT2D eigenvalue weighted by Crippen LogP contribution is -2.49. The van der Waals surface area contributed by atoms with Gasteiger partial charge in [-0.15, -0.1) is 11.3 Å². The molecule has 0 atom stereocenters. The van der Waals surface area contributed by atoms with Crippen molar-refractivity contribution in [3.05, 3.63) is 45.1 Å². The van der Waals surface area contributed by atoms with E-state index in [1.165, 1.54) is 11.3 Å². The second-order valence-corrected chi connectivity index (χ2v) is 7.77. The molecule has 29 heavy (non-hydrogen) atoms. The number of ether oxygens (including phenoxy) is 1. The Morgan fingerprint density at radius 2 is 2.07 bits per heavy atom. The summed E-state index contributed by atoms with van der Waals surface area (Å²) in [5.41, 5.74) is 0.934. The van der Waals surface area contributed by atoms with Gasteiger partial charge in [0.2, 0.25) is 6.41 Å². The van der Waals surface area contributed by atoms with Crippen LogP contribution in [0.4, 0.5) is 0 Å². The first-order valence-electron chi connectivity index (χ1n) is 9.14. The molecule has 0 bridgehead atoms. The first-order valence-corrected chi connectivity index (χ1v) is 10.0. The summed E-state index contributed by atoms with van der Waals surface area (Å²) in [5, 5.41) is 3.44. The number of thiazole rings is 1. The fourth-order valence-electron chi connectivity index (χ4n) is 3.16. The Morgan fingerprint density at radius 3 is 2.76 bits per heavy atom. The van der Waals surface area contributed by atoms with Crippen LogP contribution in [0.2, 0.25) is 0 Å². The third-order valence-corrected chi connectivity index (χ3v) is 5.55. The van der Waals surface area contributed by atoms with Crippen molar-refractivity contribution in [1.29, 1.82) is 0 Å². The quantitative estimate of drug-likeness (QED) is 0.469. The van der Waals surface area contributed by atoms with Crippen molar-refractivity contribution >= 4 is 34.6 Å². The van der Waals surface area contributed by atoms with Gasteiger partial charge in [0.15, 0.2) is 6.61 Å². The fraction of sp³-hybridized carbons (Fsp3) is 0.300. The first kappa shape index (κ1) is 19.1. The molecule has 2 aromatic heterocycles. The van der Waals surface area contributed by atoms with Gasteiger partial charge in [0.1, 0.15) is 11.3 Å². The van der Waals surface area contributed by atoms with Crippen LogP contribution in [0.3, 0.4) is 0 Å². The van der Waals surface area contributed by atoms with Gasteiger partial charge in [-0.25, -0.2) is 9.78 Å². The predicted octanol–water partition coefficient (Wildman–Crippen LogP) is 1.90. The van der Waals surface area contributed by atoms with E-state index in [0.717, 1.165) is 16.8 Å². The van der Waals surface area contributed by atoms with Gasteiger partial charge in [-0.1, -0.05) is 0 Å². The van der Waals surface area contributed by atoms with Gasteiger partial charge in [0, 0.05) is 43.0 Å². The molecule has 0 N–H and O–H groups in total. The Bertz CT molecular complexity index is 1110. The maximum absolute atomic E-state index is 12.3. The summed E-state index contributed by atoms with van der Waals surface area (Å²) >= 11 is 1.47. The maximum Gasteiger partial charge on any atom is 0.345 e.